The van der Waals surface area contributed by atoms with E-state index in [0.717, 1.165) is 11.6 Å². The molecule has 0 atom stereocenters. The maximum absolute atomic E-state index is 13.7. The minimum absolute atomic E-state index is 0.0456. The summed E-state index contributed by atoms with van der Waals surface area (Å²) in [6.45, 7) is 6.48. The van der Waals surface area contributed by atoms with Gasteiger partial charge in [0.25, 0.3) is 0 Å². The van der Waals surface area contributed by atoms with Crippen molar-refractivity contribution in [3.05, 3.63) is 47.5 Å². The van der Waals surface area contributed by atoms with Crippen molar-refractivity contribution in [3.63, 3.8) is 0 Å². The third kappa shape index (κ3) is 3.59. The Bertz CT molecular complexity index is 659. The summed E-state index contributed by atoms with van der Waals surface area (Å²) in [5.74, 6) is -1.57. The fraction of sp³-hybridized carbons (Fsp3) is 0.333. The zero-order valence-corrected chi connectivity index (χ0v) is 12.2. The van der Waals surface area contributed by atoms with E-state index >= 15 is 0 Å². The molecule has 2 N–H and O–H groups in total. The van der Waals surface area contributed by atoms with Crippen LogP contribution in [0, 0.1) is 5.82 Å². The van der Waals surface area contributed by atoms with E-state index in [9.17, 15) is 9.18 Å². The molecule has 0 saturated heterocycles. The first-order valence-electron chi connectivity index (χ1n) is 6.58. The van der Waals surface area contributed by atoms with Gasteiger partial charge in [0.15, 0.2) is 0 Å². The molecule has 1 aromatic carbocycles. The predicted octanol–water partition coefficient (Wildman–Crippen LogP) is 3.09. The lowest BCUT2D eigenvalue weighted by Gasteiger charge is -2.18. The highest BCUT2D eigenvalue weighted by Crippen LogP contribution is 2.18. The monoisotopic (exact) mass is 291 g/mol. The summed E-state index contributed by atoms with van der Waals surface area (Å²) in [5, 5.41) is 16.1. The molecular formula is C15H18FN3O2. The smallest absolute Gasteiger partial charge is 0.335 e. The van der Waals surface area contributed by atoms with Gasteiger partial charge in [-0.25, -0.2) is 9.18 Å². The normalized spacial score (nSPS) is 11.4. The van der Waals surface area contributed by atoms with Crippen molar-refractivity contribution in [1.82, 2.24) is 9.78 Å². The van der Waals surface area contributed by atoms with Crippen LogP contribution >= 0.6 is 0 Å². The summed E-state index contributed by atoms with van der Waals surface area (Å²) in [7, 11) is 0. The van der Waals surface area contributed by atoms with E-state index in [4.69, 9.17) is 5.11 Å². The van der Waals surface area contributed by atoms with Gasteiger partial charge in [-0.3, -0.25) is 4.68 Å². The van der Waals surface area contributed by atoms with Crippen LogP contribution in [0.15, 0.2) is 30.6 Å². The summed E-state index contributed by atoms with van der Waals surface area (Å²) >= 11 is 0. The standard InChI is InChI=1S/C15H18FN3O2/c1-15(2,3)19-9-10(8-18-19)7-17-13-6-11(14(20)21)4-5-12(13)16/h4-6,8-9,17H,7H2,1-3H3,(H,20,21). The summed E-state index contributed by atoms with van der Waals surface area (Å²) in [5.41, 5.74) is 0.986. The minimum Gasteiger partial charge on any atom is -0.478 e. The molecule has 0 fully saturated rings. The molecule has 112 valence electrons. The molecule has 2 rings (SSSR count). The highest BCUT2D eigenvalue weighted by Gasteiger charge is 2.14. The molecule has 0 saturated carbocycles. The van der Waals surface area contributed by atoms with Gasteiger partial charge in [-0.2, -0.15) is 5.10 Å². The topological polar surface area (TPSA) is 67.2 Å². The number of halogens is 1. The van der Waals surface area contributed by atoms with Crippen LogP contribution in [0.5, 0.6) is 0 Å². The highest BCUT2D eigenvalue weighted by molar-refractivity contribution is 5.88. The largest absolute Gasteiger partial charge is 0.478 e. The van der Waals surface area contributed by atoms with Crippen molar-refractivity contribution in [1.29, 1.82) is 0 Å². The number of benzene rings is 1. The molecule has 0 bridgehead atoms. The average Bonchev–Trinajstić information content (AvgIpc) is 2.86. The zero-order valence-electron chi connectivity index (χ0n) is 12.2. The second-order valence-corrected chi connectivity index (χ2v) is 5.82. The highest BCUT2D eigenvalue weighted by atomic mass is 19.1. The molecule has 5 nitrogen and oxygen atoms in total. The average molecular weight is 291 g/mol. The van der Waals surface area contributed by atoms with Gasteiger partial charge in [-0.05, 0) is 39.0 Å². The molecule has 21 heavy (non-hydrogen) atoms. The predicted molar refractivity (Wildman–Crippen MR) is 77.9 cm³/mol. The van der Waals surface area contributed by atoms with Crippen LogP contribution < -0.4 is 5.32 Å². The Hall–Kier alpha value is -2.37. The Morgan fingerprint density at radius 3 is 2.71 bits per heavy atom. The van der Waals surface area contributed by atoms with E-state index in [0.29, 0.717) is 6.54 Å². The van der Waals surface area contributed by atoms with Crippen LogP contribution in [0.1, 0.15) is 36.7 Å². The number of hydrogen-bond donors (Lipinski definition) is 2. The van der Waals surface area contributed by atoms with Crippen molar-refractivity contribution in [2.45, 2.75) is 32.9 Å². The third-order valence-electron chi connectivity index (χ3n) is 3.02. The van der Waals surface area contributed by atoms with Crippen molar-refractivity contribution in [3.8, 4) is 0 Å². The van der Waals surface area contributed by atoms with Crippen molar-refractivity contribution < 1.29 is 14.3 Å². The molecule has 1 aromatic heterocycles. The fourth-order valence-corrected chi connectivity index (χ4v) is 1.81. The molecular weight excluding hydrogens is 273 g/mol. The number of nitrogens with one attached hydrogen (secondary N) is 1. The third-order valence-corrected chi connectivity index (χ3v) is 3.02. The Morgan fingerprint density at radius 1 is 1.43 bits per heavy atom. The van der Waals surface area contributed by atoms with Crippen LogP contribution in [-0.4, -0.2) is 20.9 Å². The van der Waals surface area contributed by atoms with Gasteiger partial charge in [0, 0.05) is 18.3 Å². The van der Waals surface area contributed by atoms with E-state index < -0.39 is 11.8 Å². The summed E-state index contributed by atoms with van der Waals surface area (Å²) in [4.78, 5) is 10.9. The second kappa shape index (κ2) is 5.55. The number of rotatable bonds is 4. The molecule has 6 heteroatoms. The minimum atomic E-state index is -1.08. The van der Waals surface area contributed by atoms with Crippen molar-refractivity contribution >= 4 is 11.7 Å². The summed E-state index contributed by atoms with van der Waals surface area (Å²) in [6.07, 6.45) is 3.59. The van der Waals surface area contributed by atoms with E-state index in [2.05, 4.69) is 10.4 Å². The maximum Gasteiger partial charge on any atom is 0.335 e. The molecule has 0 aliphatic heterocycles. The van der Waals surface area contributed by atoms with Gasteiger partial charge in [-0.15, -0.1) is 0 Å². The zero-order chi connectivity index (χ0) is 15.6. The SMILES string of the molecule is CC(C)(C)n1cc(CNc2cc(C(=O)O)ccc2F)cn1. The number of carboxylic acids is 1. The molecule has 0 aliphatic carbocycles. The lowest BCUT2D eigenvalue weighted by molar-refractivity contribution is 0.0697. The molecule has 0 unspecified atom stereocenters. The summed E-state index contributed by atoms with van der Waals surface area (Å²) in [6, 6.07) is 3.66. The van der Waals surface area contributed by atoms with E-state index in [1.54, 1.807) is 6.20 Å². The van der Waals surface area contributed by atoms with Gasteiger partial charge in [0.1, 0.15) is 5.82 Å². The van der Waals surface area contributed by atoms with Gasteiger partial charge in [0.05, 0.1) is 23.0 Å². The van der Waals surface area contributed by atoms with E-state index in [1.807, 2.05) is 31.6 Å². The number of anilines is 1. The maximum atomic E-state index is 13.7. The number of hydrogen-bond acceptors (Lipinski definition) is 3. The van der Waals surface area contributed by atoms with Gasteiger partial charge >= 0.3 is 5.97 Å². The van der Waals surface area contributed by atoms with E-state index in [-0.39, 0.29) is 16.8 Å². The molecule has 0 spiro atoms. The van der Waals surface area contributed by atoms with Crippen molar-refractivity contribution in [2.75, 3.05) is 5.32 Å². The van der Waals surface area contributed by atoms with Crippen LogP contribution in [0.25, 0.3) is 0 Å². The second-order valence-electron chi connectivity index (χ2n) is 5.82. The Labute approximate surface area is 122 Å². The van der Waals surface area contributed by atoms with Gasteiger partial charge < -0.3 is 10.4 Å². The number of aromatic nitrogens is 2. The molecule has 0 amide bonds. The molecule has 2 aromatic rings. The summed E-state index contributed by atoms with van der Waals surface area (Å²) < 4.78 is 15.5. The van der Waals surface area contributed by atoms with Gasteiger partial charge in [-0.1, -0.05) is 0 Å². The quantitative estimate of drug-likeness (QED) is 0.908. The van der Waals surface area contributed by atoms with Crippen molar-refractivity contribution in [2.24, 2.45) is 0 Å². The Balaban J connectivity index is 2.11. The first-order chi connectivity index (χ1) is 9.77. The number of carboxylic acid groups (broad SMARTS) is 1. The molecule has 1 heterocycles. The van der Waals surface area contributed by atoms with Gasteiger partial charge in [0.2, 0.25) is 0 Å². The first-order valence-corrected chi connectivity index (χ1v) is 6.58. The first kappa shape index (κ1) is 15.0. The number of carbonyl (C=O) groups is 1. The number of aromatic carboxylic acids is 1. The Morgan fingerprint density at radius 2 is 2.14 bits per heavy atom. The van der Waals surface area contributed by atoms with Crippen LogP contribution in [-0.2, 0) is 12.1 Å². The van der Waals surface area contributed by atoms with E-state index in [1.165, 1.54) is 12.1 Å². The Kier molecular flexibility index (Phi) is 3.97. The lowest BCUT2D eigenvalue weighted by atomic mass is 10.1. The number of nitrogens with zero attached hydrogens (tertiary/aromatic N) is 2. The fourth-order valence-electron chi connectivity index (χ4n) is 1.81. The van der Waals surface area contributed by atoms with Crippen LogP contribution in [0.4, 0.5) is 10.1 Å². The molecule has 0 radical (unpaired) electrons. The molecule has 0 aliphatic rings. The lowest BCUT2D eigenvalue weighted by Crippen LogP contribution is -2.22. The van der Waals surface area contributed by atoms with Crippen LogP contribution in [0.3, 0.4) is 0 Å². The van der Waals surface area contributed by atoms with Crippen LogP contribution in [0.2, 0.25) is 0 Å².